The van der Waals surface area contributed by atoms with Crippen LogP contribution in [-0.4, -0.2) is 16.5 Å². The second kappa shape index (κ2) is 4.61. The maximum Gasteiger partial charge on any atom is 0.138 e. The molecule has 0 saturated heterocycles. The van der Waals surface area contributed by atoms with E-state index in [1.54, 1.807) is 7.11 Å². The van der Waals surface area contributed by atoms with Crippen LogP contribution >= 0.6 is 22.6 Å². The molecule has 0 atom stereocenters. The van der Waals surface area contributed by atoms with Gasteiger partial charge in [0.15, 0.2) is 0 Å². The van der Waals surface area contributed by atoms with E-state index in [2.05, 4.69) is 44.1 Å². The van der Waals surface area contributed by atoms with Crippen LogP contribution in [-0.2, 0) is 0 Å². The summed E-state index contributed by atoms with van der Waals surface area (Å²) in [5.41, 5.74) is 3.22. The Morgan fingerprint density at radius 3 is 2.61 bits per heavy atom. The zero-order chi connectivity index (χ0) is 12.5. The zero-order valence-electron chi connectivity index (χ0n) is 9.80. The molecular weight excluding hydrogens is 339 g/mol. The number of imidazole rings is 1. The summed E-state index contributed by atoms with van der Waals surface area (Å²) in [6.07, 6.45) is 2.03. The predicted molar refractivity (Wildman–Crippen MR) is 79.9 cm³/mol. The molecule has 18 heavy (non-hydrogen) atoms. The van der Waals surface area contributed by atoms with Gasteiger partial charge in [-0.05, 0) is 59.0 Å². The van der Waals surface area contributed by atoms with Crippen molar-refractivity contribution in [2.75, 3.05) is 7.11 Å². The molecule has 0 aliphatic rings. The Kier molecular flexibility index (Phi) is 2.95. The number of nitrogens with zero attached hydrogens (tertiary/aromatic N) is 2. The molecule has 3 rings (SSSR count). The van der Waals surface area contributed by atoms with Crippen LogP contribution in [0.25, 0.3) is 16.9 Å². The van der Waals surface area contributed by atoms with E-state index in [-0.39, 0.29) is 0 Å². The number of halogens is 1. The second-order valence-corrected chi connectivity index (χ2v) is 4.93. The first-order valence-corrected chi connectivity index (χ1v) is 6.64. The van der Waals surface area contributed by atoms with Crippen LogP contribution in [0.1, 0.15) is 0 Å². The van der Waals surface area contributed by atoms with Gasteiger partial charge < -0.3 is 4.74 Å². The Bertz CT molecular complexity index is 689. The van der Waals surface area contributed by atoms with Crippen molar-refractivity contribution in [1.82, 2.24) is 9.38 Å². The van der Waals surface area contributed by atoms with Crippen LogP contribution in [0.2, 0.25) is 0 Å². The van der Waals surface area contributed by atoms with E-state index in [4.69, 9.17) is 4.74 Å². The van der Waals surface area contributed by atoms with Crippen molar-refractivity contribution in [3.8, 4) is 17.0 Å². The lowest BCUT2D eigenvalue weighted by Gasteiger charge is -2.04. The SMILES string of the molecule is COc1ccc(-c2c(I)nc3ccccn23)cc1. The fourth-order valence-electron chi connectivity index (χ4n) is 1.97. The van der Waals surface area contributed by atoms with E-state index in [0.717, 1.165) is 26.4 Å². The lowest BCUT2D eigenvalue weighted by atomic mass is 10.1. The van der Waals surface area contributed by atoms with E-state index in [1.165, 1.54) is 0 Å². The summed E-state index contributed by atoms with van der Waals surface area (Å²) in [6, 6.07) is 14.1. The lowest BCUT2D eigenvalue weighted by molar-refractivity contribution is 0.415. The maximum atomic E-state index is 5.18. The van der Waals surface area contributed by atoms with Crippen LogP contribution < -0.4 is 4.74 Å². The molecule has 3 aromatic rings. The fraction of sp³-hybridized carbons (Fsp3) is 0.0714. The molecule has 0 spiro atoms. The van der Waals surface area contributed by atoms with Gasteiger partial charge >= 0.3 is 0 Å². The Labute approximate surface area is 119 Å². The van der Waals surface area contributed by atoms with E-state index in [1.807, 2.05) is 36.5 Å². The molecule has 0 fully saturated rings. The number of rotatable bonds is 2. The molecule has 0 aliphatic heterocycles. The molecule has 2 heterocycles. The van der Waals surface area contributed by atoms with E-state index >= 15 is 0 Å². The molecule has 0 unspecified atom stereocenters. The Morgan fingerprint density at radius 2 is 1.89 bits per heavy atom. The Morgan fingerprint density at radius 1 is 1.11 bits per heavy atom. The number of hydrogen-bond donors (Lipinski definition) is 0. The maximum absolute atomic E-state index is 5.18. The van der Waals surface area contributed by atoms with Crippen molar-refractivity contribution in [3.05, 3.63) is 52.4 Å². The molecule has 0 amide bonds. The third kappa shape index (κ3) is 1.86. The van der Waals surface area contributed by atoms with Crippen molar-refractivity contribution in [1.29, 1.82) is 0 Å². The highest BCUT2D eigenvalue weighted by molar-refractivity contribution is 14.1. The molecule has 0 N–H and O–H groups in total. The first-order chi connectivity index (χ1) is 8.79. The number of hydrogen-bond acceptors (Lipinski definition) is 2. The molecule has 3 nitrogen and oxygen atoms in total. The molecule has 90 valence electrons. The number of methoxy groups -OCH3 is 1. The summed E-state index contributed by atoms with van der Waals surface area (Å²) >= 11 is 2.27. The minimum atomic E-state index is 0.863. The van der Waals surface area contributed by atoms with Crippen molar-refractivity contribution in [2.24, 2.45) is 0 Å². The van der Waals surface area contributed by atoms with Gasteiger partial charge in [-0.2, -0.15) is 0 Å². The number of fused-ring (bicyclic) bond motifs is 1. The summed E-state index contributed by atoms with van der Waals surface area (Å²) in [5.74, 6) is 0.863. The van der Waals surface area contributed by atoms with E-state index in [9.17, 15) is 0 Å². The van der Waals surface area contributed by atoms with Gasteiger partial charge in [0.1, 0.15) is 15.1 Å². The Balaban J connectivity index is 2.20. The van der Waals surface area contributed by atoms with Crippen LogP contribution in [0.3, 0.4) is 0 Å². The summed E-state index contributed by atoms with van der Waals surface area (Å²) in [5, 5.41) is 0. The highest BCUT2D eigenvalue weighted by Gasteiger charge is 2.11. The zero-order valence-corrected chi connectivity index (χ0v) is 12.0. The van der Waals surface area contributed by atoms with Crippen molar-refractivity contribution in [3.63, 3.8) is 0 Å². The van der Waals surface area contributed by atoms with Gasteiger partial charge in [-0.1, -0.05) is 6.07 Å². The van der Waals surface area contributed by atoms with Crippen LogP contribution in [0.4, 0.5) is 0 Å². The number of ether oxygens (including phenoxy) is 1. The van der Waals surface area contributed by atoms with E-state index in [0.29, 0.717) is 0 Å². The molecular formula is C14H11IN2O. The summed E-state index contributed by atoms with van der Waals surface area (Å²) in [7, 11) is 1.67. The lowest BCUT2D eigenvalue weighted by Crippen LogP contribution is -1.89. The highest BCUT2D eigenvalue weighted by Crippen LogP contribution is 2.27. The third-order valence-electron chi connectivity index (χ3n) is 2.85. The standard InChI is InChI=1S/C14H11IN2O/c1-18-11-7-5-10(6-8-11)13-14(15)16-12-4-2-3-9-17(12)13/h2-9H,1H3. The smallest absolute Gasteiger partial charge is 0.138 e. The van der Waals surface area contributed by atoms with Gasteiger partial charge in [-0.25, -0.2) is 4.98 Å². The number of benzene rings is 1. The number of aromatic nitrogens is 2. The molecule has 4 heteroatoms. The quantitative estimate of drug-likeness (QED) is 0.660. The summed E-state index contributed by atoms with van der Waals surface area (Å²) < 4.78 is 8.28. The van der Waals surface area contributed by atoms with Gasteiger partial charge in [-0.3, -0.25) is 4.40 Å². The Hall–Kier alpha value is -1.56. The molecule has 0 aliphatic carbocycles. The minimum Gasteiger partial charge on any atom is -0.497 e. The average Bonchev–Trinajstić information content (AvgIpc) is 2.75. The van der Waals surface area contributed by atoms with Crippen molar-refractivity contribution in [2.45, 2.75) is 0 Å². The van der Waals surface area contributed by atoms with Gasteiger partial charge in [0.05, 0.1) is 12.8 Å². The largest absolute Gasteiger partial charge is 0.497 e. The van der Waals surface area contributed by atoms with Crippen LogP contribution in [0, 0.1) is 3.70 Å². The summed E-state index contributed by atoms with van der Waals surface area (Å²) in [4.78, 5) is 4.55. The van der Waals surface area contributed by atoms with Crippen molar-refractivity contribution < 1.29 is 4.74 Å². The van der Waals surface area contributed by atoms with E-state index < -0.39 is 0 Å². The topological polar surface area (TPSA) is 26.5 Å². The predicted octanol–water partition coefficient (Wildman–Crippen LogP) is 3.61. The number of pyridine rings is 1. The molecule has 1 aromatic carbocycles. The van der Waals surface area contributed by atoms with Gasteiger partial charge in [0.2, 0.25) is 0 Å². The van der Waals surface area contributed by atoms with Gasteiger partial charge in [0.25, 0.3) is 0 Å². The summed E-state index contributed by atoms with van der Waals surface area (Å²) in [6.45, 7) is 0. The van der Waals surface area contributed by atoms with Crippen LogP contribution in [0.15, 0.2) is 48.7 Å². The third-order valence-corrected chi connectivity index (χ3v) is 3.60. The van der Waals surface area contributed by atoms with Crippen molar-refractivity contribution >= 4 is 28.2 Å². The molecule has 0 radical (unpaired) electrons. The molecule has 2 aromatic heterocycles. The normalized spacial score (nSPS) is 10.8. The second-order valence-electron chi connectivity index (χ2n) is 3.91. The monoisotopic (exact) mass is 350 g/mol. The molecule has 0 saturated carbocycles. The molecule has 0 bridgehead atoms. The van der Waals surface area contributed by atoms with Gasteiger partial charge in [0, 0.05) is 11.8 Å². The first-order valence-electron chi connectivity index (χ1n) is 5.56. The highest BCUT2D eigenvalue weighted by atomic mass is 127. The minimum absolute atomic E-state index is 0.863. The fourth-order valence-corrected chi connectivity index (χ4v) is 2.79. The van der Waals surface area contributed by atoms with Gasteiger partial charge in [-0.15, -0.1) is 0 Å². The first kappa shape index (κ1) is 11.5. The average molecular weight is 350 g/mol. The van der Waals surface area contributed by atoms with Crippen LogP contribution in [0.5, 0.6) is 5.75 Å².